The summed E-state index contributed by atoms with van der Waals surface area (Å²) in [6.07, 6.45) is 0. The maximum atomic E-state index is 9.16. The lowest BCUT2D eigenvalue weighted by Gasteiger charge is -2.35. The molecule has 12 heavy (non-hydrogen) atoms. The predicted octanol–water partition coefficient (Wildman–Crippen LogP) is 1.98. The Labute approximate surface area is 79.6 Å². The molecule has 0 aromatic heterocycles. The second-order valence-electron chi connectivity index (χ2n) is 4.58. The second-order valence-corrected chi connectivity index (χ2v) is 6.24. The number of nitrogens with zero attached hydrogens (tertiary/aromatic N) is 1. The molecule has 0 bridgehead atoms. The molecule has 0 rings (SSSR count). The normalized spacial score (nSPS) is 19.2. The molecule has 2 heteroatoms. The van der Waals surface area contributed by atoms with Crippen LogP contribution in [0.1, 0.15) is 34.6 Å². The highest BCUT2D eigenvalue weighted by molar-refractivity contribution is 6.17. The van der Waals surface area contributed by atoms with E-state index in [0.29, 0.717) is 17.8 Å². The molecule has 0 aromatic carbocycles. The van der Waals surface area contributed by atoms with E-state index in [1.807, 2.05) is 0 Å². The first-order valence-electron chi connectivity index (χ1n) is 4.77. The summed E-state index contributed by atoms with van der Waals surface area (Å²) in [7, 11) is 0.974. The maximum absolute atomic E-state index is 9.16. The molecule has 0 N–H and O–H groups in total. The van der Waals surface area contributed by atoms with Crippen molar-refractivity contribution in [3.8, 4) is 6.07 Å². The van der Waals surface area contributed by atoms with Gasteiger partial charge in [-0.15, -0.1) is 0 Å². The van der Waals surface area contributed by atoms with E-state index in [1.54, 1.807) is 0 Å². The van der Waals surface area contributed by atoms with E-state index in [2.05, 4.69) is 40.7 Å². The van der Waals surface area contributed by atoms with Crippen LogP contribution in [0.25, 0.3) is 0 Å². The van der Waals surface area contributed by atoms with E-state index < -0.39 is 0 Å². The minimum atomic E-state index is -0.0336. The van der Waals surface area contributed by atoms with E-state index in [0.717, 1.165) is 10.2 Å². The molecule has 70 valence electrons. The first-order chi connectivity index (χ1) is 5.36. The first-order valence-corrected chi connectivity index (χ1v) is 5.77. The number of rotatable bonds is 3. The van der Waals surface area contributed by atoms with Gasteiger partial charge in [0.2, 0.25) is 0 Å². The molecular weight excluding hydrogens is 162 g/mol. The van der Waals surface area contributed by atoms with Crippen molar-refractivity contribution < 1.29 is 0 Å². The van der Waals surface area contributed by atoms with Crippen LogP contribution < -0.4 is 0 Å². The van der Waals surface area contributed by atoms with Gasteiger partial charge in [0.1, 0.15) is 0 Å². The van der Waals surface area contributed by atoms with Crippen molar-refractivity contribution in [1.82, 2.24) is 0 Å². The van der Waals surface area contributed by atoms with Crippen LogP contribution in [0.4, 0.5) is 0 Å². The van der Waals surface area contributed by atoms with Crippen molar-refractivity contribution in [3.05, 3.63) is 0 Å². The molecule has 0 aromatic rings. The standard InChI is InChI=1S/C10H21NSi/c1-7(2)9(5)10(12,6-11)8(3)4/h7-9H,1-5,12H3. The molecule has 1 nitrogen and oxygen atoms in total. The van der Waals surface area contributed by atoms with Gasteiger partial charge in [-0.3, -0.25) is 0 Å². The average Bonchev–Trinajstić information content (AvgIpc) is 2.01. The van der Waals surface area contributed by atoms with E-state index in [4.69, 9.17) is 5.26 Å². The number of nitriles is 1. The molecular formula is C10H21NSi. The van der Waals surface area contributed by atoms with Gasteiger partial charge in [0.25, 0.3) is 0 Å². The molecule has 0 aliphatic rings. The van der Waals surface area contributed by atoms with Crippen LogP contribution >= 0.6 is 0 Å². The van der Waals surface area contributed by atoms with Crippen molar-refractivity contribution >= 4 is 10.2 Å². The van der Waals surface area contributed by atoms with Gasteiger partial charge in [-0.25, -0.2) is 0 Å². The summed E-state index contributed by atoms with van der Waals surface area (Å²) in [6.45, 7) is 10.9. The molecule has 0 spiro atoms. The molecule has 0 aliphatic heterocycles. The lowest BCUT2D eigenvalue weighted by Crippen LogP contribution is -2.29. The van der Waals surface area contributed by atoms with Crippen molar-refractivity contribution in [2.24, 2.45) is 17.8 Å². The van der Waals surface area contributed by atoms with Gasteiger partial charge < -0.3 is 0 Å². The van der Waals surface area contributed by atoms with Crippen LogP contribution in [0.2, 0.25) is 5.04 Å². The highest BCUT2D eigenvalue weighted by Crippen LogP contribution is 2.42. The Morgan fingerprint density at radius 3 is 1.67 bits per heavy atom. The Balaban J connectivity index is 4.66. The van der Waals surface area contributed by atoms with Crippen LogP contribution in [0, 0.1) is 29.1 Å². The van der Waals surface area contributed by atoms with E-state index in [1.165, 1.54) is 0 Å². The van der Waals surface area contributed by atoms with Crippen LogP contribution in [0.15, 0.2) is 0 Å². The molecule has 2 atom stereocenters. The Morgan fingerprint density at radius 1 is 1.17 bits per heavy atom. The molecule has 0 heterocycles. The smallest absolute Gasteiger partial charge is 0.0652 e. The highest BCUT2D eigenvalue weighted by atomic mass is 28.1. The topological polar surface area (TPSA) is 23.8 Å². The third-order valence-electron chi connectivity index (χ3n) is 3.39. The lowest BCUT2D eigenvalue weighted by molar-refractivity contribution is 0.288. The van der Waals surface area contributed by atoms with E-state index in [9.17, 15) is 0 Å². The van der Waals surface area contributed by atoms with Crippen LogP contribution in [0.3, 0.4) is 0 Å². The highest BCUT2D eigenvalue weighted by Gasteiger charge is 2.35. The molecule has 0 amide bonds. The first kappa shape index (κ1) is 11.7. The summed E-state index contributed by atoms with van der Waals surface area (Å²) < 4.78 is 0. The van der Waals surface area contributed by atoms with Crippen molar-refractivity contribution in [3.63, 3.8) is 0 Å². The molecule has 0 aliphatic carbocycles. The minimum absolute atomic E-state index is 0.0336. The number of hydrogen-bond donors (Lipinski definition) is 0. The van der Waals surface area contributed by atoms with Gasteiger partial charge in [0.05, 0.1) is 6.07 Å². The minimum Gasteiger partial charge on any atom is -0.198 e. The van der Waals surface area contributed by atoms with Gasteiger partial charge in [-0.1, -0.05) is 34.6 Å². The summed E-state index contributed by atoms with van der Waals surface area (Å²) in [5.74, 6) is 1.63. The summed E-state index contributed by atoms with van der Waals surface area (Å²) in [6, 6.07) is 2.52. The van der Waals surface area contributed by atoms with E-state index >= 15 is 0 Å². The summed E-state index contributed by atoms with van der Waals surface area (Å²) in [5.41, 5.74) is 0. The van der Waals surface area contributed by atoms with Crippen LogP contribution in [0.5, 0.6) is 0 Å². The monoisotopic (exact) mass is 183 g/mol. The van der Waals surface area contributed by atoms with Crippen molar-refractivity contribution in [1.29, 1.82) is 5.26 Å². The van der Waals surface area contributed by atoms with Crippen molar-refractivity contribution in [2.75, 3.05) is 0 Å². The van der Waals surface area contributed by atoms with Gasteiger partial charge >= 0.3 is 0 Å². The zero-order valence-corrected chi connectivity index (χ0v) is 11.2. The number of hydrogen-bond acceptors (Lipinski definition) is 1. The second kappa shape index (κ2) is 4.09. The van der Waals surface area contributed by atoms with Gasteiger partial charge in [-0.05, 0) is 17.8 Å². The Bertz CT molecular complexity index is 181. The summed E-state index contributed by atoms with van der Waals surface area (Å²) >= 11 is 0. The van der Waals surface area contributed by atoms with Crippen LogP contribution in [-0.2, 0) is 0 Å². The molecule has 2 unspecified atom stereocenters. The zero-order valence-electron chi connectivity index (χ0n) is 9.18. The van der Waals surface area contributed by atoms with E-state index in [-0.39, 0.29) is 5.04 Å². The molecule has 0 radical (unpaired) electrons. The molecule has 0 saturated heterocycles. The molecule has 0 fully saturated rings. The molecule has 0 saturated carbocycles. The quantitative estimate of drug-likeness (QED) is 0.614. The third-order valence-corrected chi connectivity index (χ3v) is 5.68. The third kappa shape index (κ3) is 2.10. The lowest BCUT2D eigenvalue weighted by atomic mass is 9.78. The Morgan fingerprint density at radius 2 is 1.58 bits per heavy atom. The Kier molecular flexibility index (Phi) is 3.99. The largest absolute Gasteiger partial charge is 0.198 e. The zero-order chi connectivity index (χ0) is 9.94. The fraction of sp³-hybridized carbons (Fsp3) is 0.900. The van der Waals surface area contributed by atoms with Gasteiger partial charge in [0, 0.05) is 15.3 Å². The van der Waals surface area contributed by atoms with Crippen LogP contribution in [-0.4, -0.2) is 10.2 Å². The Hall–Kier alpha value is -0.293. The average molecular weight is 183 g/mol. The SMILES string of the molecule is CC(C)C(C)C([SiH3])(C#N)C(C)C. The predicted molar refractivity (Wildman–Crippen MR) is 57.1 cm³/mol. The fourth-order valence-electron chi connectivity index (χ4n) is 1.45. The fourth-order valence-corrected chi connectivity index (χ4v) is 2.12. The van der Waals surface area contributed by atoms with Gasteiger partial charge in [-0.2, -0.15) is 5.26 Å². The summed E-state index contributed by atoms with van der Waals surface area (Å²) in [5, 5.41) is 9.13. The maximum Gasteiger partial charge on any atom is 0.0652 e. The van der Waals surface area contributed by atoms with Gasteiger partial charge in [0.15, 0.2) is 0 Å². The van der Waals surface area contributed by atoms with Crippen molar-refractivity contribution in [2.45, 2.75) is 39.7 Å². The summed E-state index contributed by atoms with van der Waals surface area (Å²) in [4.78, 5) is 0.